The molecule has 0 radical (unpaired) electrons. The molecule has 2 aromatic carbocycles. The van der Waals surface area contributed by atoms with Crippen molar-refractivity contribution < 1.29 is 38.3 Å². The van der Waals surface area contributed by atoms with E-state index in [9.17, 15) is 8.76 Å². The van der Waals surface area contributed by atoms with E-state index in [4.69, 9.17) is 0 Å². The van der Waals surface area contributed by atoms with Crippen LogP contribution in [-0.4, -0.2) is 8.76 Å². The van der Waals surface area contributed by atoms with Gasteiger partial charge in [-0.05, 0) is 52.2 Å². The normalized spacial score (nSPS) is 16.9. The quantitative estimate of drug-likeness (QED) is 0.582. The van der Waals surface area contributed by atoms with Gasteiger partial charge in [0.15, 0.2) is 0 Å². The summed E-state index contributed by atoms with van der Waals surface area (Å²) in [7, 11) is 0. The fraction of sp³-hybridized carbons (Fsp3) is 0.286. The van der Waals surface area contributed by atoms with Crippen LogP contribution in [0.3, 0.4) is 0 Å². The molecule has 2 aromatic rings. The predicted octanol–water partition coefficient (Wildman–Crippen LogP) is 0.349. The largest absolute Gasteiger partial charge is 1.00 e. The van der Waals surface area contributed by atoms with Gasteiger partial charge in [0, 0.05) is 4.90 Å². The van der Waals surface area contributed by atoms with Crippen molar-refractivity contribution in [2.45, 2.75) is 30.1 Å². The molecule has 0 spiro atoms. The molecule has 0 saturated heterocycles. The Balaban J connectivity index is 0.00000120. The summed E-state index contributed by atoms with van der Waals surface area (Å²) in [6.07, 6.45) is 3.74. The minimum atomic E-state index is -2.16. The second-order valence-electron chi connectivity index (χ2n) is 4.56. The molecule has 18 heavy (non-hydrogen) atoms. The van der Waals surface area contributed by atoms with Crippen LogP contribution in [0.1, 0.15) is 30.7 Å². The van der Waals surface area contributed by atoms with E-state index in [0.717, 1.165) is 10.8 Å². The summed E-state index contributed by atoms with van der Waals surface area (Å²) in [5, 5.41) is 1.95. The van der Waals surface area contributed by atoms with Gasteiger partial charge < -0.3 is 4.55 Å². The molecule has 1 fully saturated rings. The molecule has 1 aliphatic carbocycles. The second-order valence-corrected chi connectivity index (χ2v) is 5.47. The van der Waals surface area contributed by atoms with Crippen molar-refractivity contribution in [3.8, 4) is 0 Å². The van der Waals surface area contributed by atoms with Gasteiger partial charge in [0.2, 0.25) is 0 Å². The van der Waals surface area contributed by atoms with Crippen LogP contribution in [0, 0.1) is 0 Å². The van der Waals surface area contributed by atoms with Crippen molar-refractivity contribution in [3.63, 3.8) is 0 Å². The average molecular weight is 268 g/mol. The minimum absolute atomic E-state index is 0. The van der Waals surface area contributed by atoms with Gasteiger partial charge in [0.05, 0.1) is 0 Å². The van der Waals surface area contributed by atoms with Gasteiger partial charge in [-0.1, -0.05) is 36.8 Å². The van der Waals surface area contributed by atoms with Crippen molar-refractivity contribution in [2.75, 3.05) is 0 Å². The Morgan fingerprint density at radius 1 is 1.06 bits per heavy atom. The van der Waals surface area contributed by atoms with Gasteiger partial charge in [-0.15, -0.1) is 0 Å². The third-order valence-corrected chi connectivity index (χ3v) is 4.36. The Labute approximate surface area is 131 Å². The molecule has 4 heteroatoms. The van der Waals surface area contributed by atoms with Crippen LogP contribution in [0.5, 0.6) is 0 Å². The number of benzene rings is 2. The molecule has 1 atom stereocenters. The first kappa shape index (κ1) is 14.2. The summed E-state index contributed by atoms with van der Waals surface area (Å²) >= 11 is -2.16. The molecule has 1 unspecified atom stereocenters. The molecule has 0 aromatic heterocycles. The molecule has 3 rings (SSSR count). The fourth-order valence-electron chi connectivity index (χ4n) is 2.53. The zero-order chi connectivity index (χ0) is 11.8. The number of hydrogen-bond donors (Lipinski definition) is 0. The van der Waals surface area contributed by atoms with Crippen molar-refractivity contribution in [1.82, 2.24) is 0 Å². The average Bonchev–Trinajstić information content (AvgIpc) is 2.26. The molecule has 0 aliphatic heterocycles. The van der Waals surface area contributed by atoms with Crippen LogP contribution in [0.15, 0.2) is 41.3 Å². The third-order valence-electron chi connectivity index (χ3n) is 3.64. The number of fused-ring (bicyclic) bond motifs is 1. The predicted molar refractivity (Wildman–Crippen MR) is 67.7 cm³/mol. The Hall–Kier alpha value is -0.190. The minimum Gasteiger partial charge on any atom is -0.768 e. The van der Waals surface area contributed by atoms with Crippen molar-refractivity contribution in [2.24, 2.45) is 0 Å². The summed E-state index contributed by atoms with van der Waals surface area (Å²) in [4.78, 5) is 0.406. The van der Waals surface area contributed by atoms with E-state index in [1.807, 2.05) is 24.3 Å². The SMILES string of the molecule is O=S([O-])c1cccc2c(C3CCC3)cccc12.[Na+]. The van der Waals surface area contributed by atoms with E-state index in [1.54, 1.807) is 6.07 Å². The Morgan fingerprint density at radius 2 is 1.72 bits per heavy atom. The molecule has 1 aliphatic rings. The van der Waals surface area contributed by atoms with Crippen molar-refractivity contribution >= 4 is 21.9 Å². The van der Waals surface area contributed by atoms with E-state index >= 15 is 0 Å². The first-order valence-corrected chi connectivity index (χ1v) is 6.96. The molecule has 0 N–H and O–H groups in total. The summed E-state index contributed by atoms with van der Waals surface area (Å²) in [6, 6.07) is 11.5. The molecule has 2 nitrogen and oxygen atoms in total. The van der Waals surface area contributed by atoms with Crippen molar-refractivity contribution in [3.05, 3.63) is 42.0 Å². The van der Waals surface area contributed by atoms with Gasteiger partial charge in [-0.2, -0.15) is 0 Å². The first-order valence-electron chi connectivity index (χ1n) is 5.88. The summed E-state index contributed by atoms with van der Waals surface area (Å²) in [5.74, 6) is 0.619. The van der Waals surface area contributed by atoms with E-state index in [-0.39, 0.29) is 29.6 Å². The molecule has 88 valence electrons. The summed E-state index contributed by atoms with van der Waals surface area (Å²) < 4.78 is 22.4. The van der Waals surface area contributed by atoms with Crippen LogP contribution < -0.4 is 29.6 Å². The van der Waals surface area contributed by atoms with E-state index < -0.39 is 11.1 Å². The topological polar surface area (TPSA) is 40.1 Å². The molecule has 1 saturated carbocycles. The Morgan fingerprint density at radius 3 is 2.33 bits per heavy atom. The second kappa shape index (κ2) is 5.85. The standard InChI is InChI=1S/C14H14O2S.Na/c15-17(16)14-9-3-7-12-11(10-4-1-5-10)6-2-8-13(12)14;/h2-3,6-10H,1,4-5H2,(H,15,16);/q;+1/p-1. The monoisotopic (exact) mass is 268 g/mol. The fourth-order valence-corrected chi connectivity index (χ4v) is 3.07. The zero-order valence-corrected chi connectivity index (χ0v) is 13.2. The van der Waals surface area contributed by atoms with Crippen LogP contribution in [0.25, 0.3) is 10.8 Å². The van der Waals surface area contributed by atoms with E-state index in [2.05, 4.69) is 6.07 Å². The maximum Gasteiger partial charge on any atom is 1.00 e. The van der Waals surface area contributed by atoms with Gasteiger partial charge in [-0.25, -0.2) is 0 Å². The van der Waals surface area contributed by atoms with Gasteiger partial charge in [0.25, 0.3) is 0 Å². The van der Waals surface area contributed by atoms with Crippen LogP contribution in [0.4, 0.5) is 0 Å². The maximum absolute atomic E-state index is 11.2. The van der Waals surface area contributed by atoms with Crippen LogP contribution >= 0.6 is 0 Å². The van der Waals surface area contributed by atoms with Crippen LogP contribution in [0.2, 0.25) is 0 Å². The number of hydrogen-bond acceptors (Lipinski definition) is 2. The van der Waals surface area contributed by atoms with Crippen LogP contribution in [-0.2, 0) is 11.1 Å². The van der Waals surface area contributed by atoms with Gasteiger partial charge in [0.1, 0.15) is 0 Å². The van der Waals surface area contributed by atoms with Crippen molar-refractivity contribution in [1.29, 1.82) is 0 Å². The molecule has 0 heterocycles. The third kappa shape index (κ3) is 2.43. The van der Waals surface area contributed by atoms with E-state index in [1.165, 1.54) is 24.8 Å². The molecule has 0 bridgehead atoms. The smallest absolute Gasteiger partial charge is 0.768 e. The first-order chi connectivity index (χ1) is 8.27. The summed E-state index contributed by atoms with van der Waals surface area (Å²) in [6.45, 7) is 0. The van der Waals surface area contributed by atoms with Gasteiger partial charge >= 0.3 is 29.6 Å². The molecular weight excluding hydrogens is 255 g/mol. The molecule has 0 amide bonds. The Bertz CT molecular complexity index is 593. The Kier molecular flexibility index (Phi) is 4.62. The number of rotatable bonds is 2. The van der Waals surface area contributed by atoms with E-state index in [0.29, 0.717) is 10.8 Å². The maximum atomic E-state index is 11.2. The summed E-state index contributed by atoms with van der Waals surface area (Å²) in [5.41, 5.74) is 1.31. The zero-order valence-electron chi connectivity index (χ0n) is 10.4. The van der Waals surface area contributed by atoms with Gasteiger partial charge in [-0.3, -0.25) is 4.21 Å². The molecular formula is C14H13NaO2S.